The molecule has 1 aliphatic carbocycles. The molecule has 6 nitrogen and oxygen atoms in total. The van der Waals surface area contributed by atoms with Crippen LogP contribution in [0.25, 0.3) is 0 Å². The Hall–Kier alpha value is -2.41. The van der Waals surface area contributed by atoms with Gasteiger partial charge in [0.15, 0.2) is 5.96 Å². The first-order valence-corrected chi connectivity index (χ1v) is 8.07. The van der Waals surface area contributed by atoms with Crippen molar-refractivity contribution in [3.63, 3.8) is 0 Å². The number of benzene rings is 1. The number of guanidine groups is 1. The number of fused-ring (bicyclic) bond motifs is 1. The Bertz CT molecular complexity index is 691. The molecule has 1 atom stereocenters. The maximum Gasteiger partial charge on any atom is 0.290 e. The third kappa shape index (κ3) is 4.53. The van der Waals surface area contributed by atoms with Crippen molar-refractivity contribution in [1.29, 1.82) is 0 Å². The molecular formula is C16H20N4O2S. The highest BCUT2D eigenvalue weighted by atomic mass is 32.1. The van der Waals surface area contributed by atoms with Crippen LogP contribution in [0.4, 0.5) is 5.13 Å². The summed E-state index contributed by atoms with van der Waals surface area (Å²) in [5, 5.41) is 7.57. The lowest BCUT2D eigenvalue weighted by Gasteiger charge is -2.21. The summed E-state index contributed by atoms with van der Waals surface area (Å²) in [6.07, 6.45) is 3.18. The molecule has 2 aromatic rings. The van der Waals surface area contributed by atoms with Gasteiger partial charge in [0.1, 0.15) is 0 Å². The largest absolute Gasteiger partial charge is 0.483 e. The fraction of sp³-hybridized carbons (Fsp3) is 0.312. The van der Waals surface area contributed by atoms with Gasteiger partial charge in [0.05, 0.1) is 5.69 Å². The predicted molar refractivity (Wildman–Crippen MR) is 92.2 cm³/mol. The molecule has 3 rings (SSSR count). The van der Waals surface area contributed by atoms with Crippen molar-refractivity contribution in [2.24, 2.45) is 16.5 Å². The van der Waals surface area contributed by atoms with E-state index in [0.29, 0.717) is 11.0 Å². The first kappa shape index (κ1) is 17.0. The van der Waals surface area contributed by atoms with Crippen LogP contribution in [0.2, 0.25) is 0 Å². The molecule has 0 bridgehead atoms. The number of aromatic nitrogens is 1. The van der Waals surface area contributed by atoms with E-state index >= 15 is 0 Å². The standard InChI is InChI=1S/C15H18N4S.CH2O2/c1-9-2-4-10(5-3-9)11-6-7-12-13(8-11)20-15(18-12)19-14(16)17;2-1-3/h2-5,11H,6-8H2,1H3,(H4,16,17,18,19);1H,(H,2,3)/t11-;/m0./s1. The molecule has 7 heteroatoms. The van der Waals surface area contributed by atoms with E-state index in [9.17, 15) is 0 Å². The summed E-state index contributed by atoms with van der Waals surface area (Å²) < 4.78 is 0. The number of thiazole rings is 1. The zero-order chi connectivity index (χ0) is 16.8. The number of nitrogens with two attached hydrogens (primary N) is 2. The topological polar surface area (TPSA) is 115 Å². The minimum atomic E-state index is -0.250. The van der Waals surface area contributed by atoms with Gasteiger partial charge in [-0.2, -0.15) is 4.99 Å². The smallest absolute Gasteiger partial charge is 0.290 e. The van der Waals surface area contributed by atoms with Gasteiger partial charge in [-0.1, -0.05) is 41.2 Å². The summed E-state index contributed by atoms with van der Waals surface area (Å²) in [7, 11) is 0. The van der Waals surface area contributed by atoms with Gasteiger partial charge < -0.3 is 16.6 Å². The molecule has 1 aromatic heterocycles. The van der Waals surface area contributed by atoms with Crippen LogP contribution < -0.4 is 11.5 Å². The van der Waals surface area contributed by atoms with Gasteiger partial charge in [-0.3, -0.25) is 4.79 Å². The maximum absolute atomic E-state index is 8.36. The van der Waals surface area contributed by atoms with E-state index in [-0.39, 0.29) is 12.4 Å². The molecule has 0 fully saturated rings. The molecule has 0 unspecified atom stereocenters. The number of carbonyl (C=O) groups is 1. The van der Waals surface area contributed by atoms with Crippen molar-refractivity contribution in [2.75, 3.05) is 0 Å². The number of aliphatic imine (C=N–C) groups is 1. The quantitative estimate of drug-likeness (QED) is 0.443. The minimum absolute atomic E-state index is 0.0752. The lowest BCUT2D eigenvalue weighted by atomic mass is 9.85. The van der Waals surface area contributed by atoms with Crippen LogP contribution in [0.15, 0.2) is 29.3 Å². The molecular weight excluding hydrogens is 312 g/mol. The summed E-state index contributed by atoms with van der Waals surface area (Å²) in [5.74, 6) is 0.654. The molecule has 5 N–H and O–H groups in total. The highest BCUT2D eigenvalue weighted by Gasteiger charge is 2.23. The number of rotatable bonds is 2. The zero-order valence-corrected chi connectivity index (χ0v) is 13.7. The zero-order valence-electron chi connectivity index (χ0n) is 12.9. The van der Waals surface area contributed by atoms with Crippen LogP contribution in [0.5, 0.6) is 0 Å². The number of hydrogen-bond donors (Lipinski definition) is 3. The summed E-state index contributed by atoms with van der Waals surface area (Å²) in [5.41, 5.74) is 14.7. The number of nitrogens with zero attached hydrogens (tertiary/aromatic N) is 2. The lowest BCUT2D eigenvalue weighted by molar-refractivity contribution is -0.122. The van der Waals surface area contributed by atoms with Gasteiger partial charge in [0.2, 0.25) is 5.13 Å². The highest BCUT2D eigenvalue weighted by Crippen LogP contribution is 2.37. The second-order valence-corrected chi connectivity index (χ2v) is 6.42. The Morgan fingerprint density at radius 3 is 2.65 bits per heavy atom. The van der Waals surface area contributed by atoms with Crippen LogP contribution in [0.3, 0.4) is 0 Å². The summed E-state index contributed by atoms with van der Waals surface area (Å²) >= 11 is 1.61. The second-order valence-electron chi connectivity index (χ2n) is 5.36. The number of hydrogen-bond acceptors (Lipinski definition) is 4. The third-order valence-electron chi connectivity index (χ3n) is 3.70. The molecule has 1 aromatic carbocycles. The Labute approximate surface area is 138 Å². The van der Waals surface area contributed by atoms with Gasteiger partial charge in [-0.25, -0.2) is 4.98 Å². The number of aryl methyl sites for hydroxylation is 2. The second kappa shape index (κ2) is 7.73. The molecule has 0 radical (unpaired) electrons. The van der Waals surface area contributed by atoms with E-state index in [2.05, 4.69) is 41.2 Å². The molecule has 23 heavy (non-hydrogen) atoms. The summed E-state index contributed by atoms with van der Waals surface area (Å²) in [4.78, 5) is 18.2. The normalized spacial score (nSPS) is 15.8. The van der Waals surface area contributed by atoms with Crippen LogP contribution in [-0.2, 0) is 17.6 Å². The van der Waals surface area contributed by atoms with Gasteiger partial charge in [0.25, 0.3) is 6.47 Å². The fourth-order valence-electron chi connectivity index (χ4n) is 2.64. The SMILES string of the molecule is Cc1ccc([C@H]2CCc3nc(N=C(N)N)sc3C2)cc1.O=CO. The van der Waals surface area contributed by atoms with Crippen molar-refractivity contribution in [1.82, 2.24) is 4.98 Å². The molecule has 1 aliphatic rings. The first-order valence-electron chi connectivity index (χ1n) is 7.26. The van der Waals surface area contributed by atoms with Crippen molar-refractivity contribution < 1.29 is 9.90 Å². The molecule has 0 aliphatic heterocycles. The average molecular weight is 332 g/mol. The van der Waals surface area contributed by atoms with E-state index in [0.717, 1.165) is 19.3 Å². The summed E-state index contributed by atoms with van der Waals surface area (Å²) in [6, 6.07) is 8.84. The Morgan fingerprint density at radius 2 is 2.04 bits per heavy atom. The summed E-state index contributed by atoms with van der Waals surface area (Å²) in [6.45, 7) is 1.87. The molecule has 0 saturated heterocycles. The van der Waals surface area contributed by atoms with Crippen LogP contribution in [0, 0.1) is 6.92 Å². The predicted octanol–water partition coefficient (Wildman–Crippen LogP) is 2.33. The number of carboxylic acid groups (broad SMARTS) is 1. The van der Waals surface area contributed by atoms with E-state index in [1.807, 2.05) is 0 Å². The van der Waals surface area contributed by atoms with Gasteiger partial charge in [-0.15, -0.1) is 0 Å². The highest BCUT2D eigenvalue weighted by molar-refractivity contribution is 7.15. The molecule has 0 spiro atoms. The molecule has 1 heterocycles. The van der Waals surface area contributed by atoms with Crippen molar-refractivity contribution in [2.45, 2.75) is 32.1 Å². The van der Waals surface area contributed by atoms with Crippen LogP contribution in [-0.4, -0.2) is 22.5 Å². The molecule has 0 amide bonds. The Balaban J connectivity index is 0.000000595. The molecule has 122 valence electrons. The monoisotopic (exact) mass is 332 g/mol. The Kier molecular flexibility index (Phi) is 5.70. The van der Waals surface area contributed by atoms with Crippen molar-refractivity contribution in [3.05, 3.63) is 46.0 Å². The minimum Gasteiger partial charge on any atom is -0.483 e. The van der Waals surface area contributed by atoms with E-state index in [1.165, 1.54) is 21.7 Å². The van der Waals surface area contributed by atoms with Gasteiger partial charge >= 0.3 is 0 Å². The fourth-order valence-corrected chi connectivity index (χ4v) is 3.72. The van der Waals surface area contributed by atoms with E-state index in [4.69, 9.17) is 21.4 Å². The van der Waals surface area contributed by atoms with Crippen molar-refractivity contribution in [3.8, 4) is 0 Å². The van der Waals surface area contributed by atoms with Gasteiger partial charge in [0, 0.05) is 4.88 Å². The van der Waals surface area contributed by atoms with E-state index in [1.54, 1.807) is 11.3 Å². The lowest BCUT2D eigenvalue weighted by Crippen LogP contribution is -2.21. The van der Waals surface area contributed by atoms with Gasteiger partial charge in [-0.05, 0) is 37.7 Å². The third-order valence-corrected chi connectivity index (χ3v) is 4.72. The molecule has 0 saturated carbocycles. The van der Waals surface area contributed by atoms with E-state index < -0.39 is 0 Å². The average Bonchev–Trinajstić information content (AvgIpc) is 2.89. The van der Waals surface area contributed by atoms with Crippen molar-refractivity contribution >= 4 is 28.9 Å². The Morgan fingerprint density at radius 1 is 1.39 bits per heavy atom. The van der Waals surface area contributed by atoms with Crippen LogP contribution >= 0.6 is 11.3 Å². The first-order chi connectivity index (χ1) is 11.0. The van der Waals surface area contributed by atoms with Crippen LogP contribution in [0.1, 0.15) is 34.0 Å². The maximum atomic E-state index is 8.36.